The third-order valence-electron chi connectivity index (χ3n) is 3.83. The van der Waals surface area contributed by atoms with Crippen LogP contribution < -0.4 is 10.6 Å². The van der Waals surface area contributed by atoms with Gasteiger partial charge in [-0.15, -0.1) is 0 Å². The van der Waals surface area contributed by atoms with E-state index >= 15 is 0 Å². The van der Waals surface area contributed by atoms with Crippen molar-refractivity contribution in [2.45, 2.75) is 58.5 Å². The van der Waals surface area contributed by atoms with E-state index in [0.717, 1.165) is 0 Å². The van der Waals surface area contributed by atoms with Gasteiger partial charge < -0.3 is 10.6 Å². The fourth-order valence-electron chi connectivity index (χ4n) is 2.85. The third-order valence-corrected chi connectivity index (χ3v) is 3.83. The highest BCUT2D eigenvalue weighted by atomic mass is 15.0. The standard InChI is InChI=1S/C16H26N2/c1-12-7-8-16(13(2)10-12)18-14(3)11-15-6-4-5-9-17-15/h7-8,10,14-15,17-18H,4-6,9,11H2,1-3H3. The van der Waals surface area contributed by atoms with Gasteiger partial charge in [-0.3, -0.25) is 0 Å². The summed E-state index contributed by atoms with van der Waals surface area (Å²) in [6.07, 6.45) is 5.27. The van der Waals surface area contributed by atoms with Crippen molar-refractivity contribution in [2.75, 3.05) is 11.9 Å². The number of anilines is 1. The van der Waals surface area contributed by atoms with E-state index in [1.807, 2.05) is 0 Å². The zero-order valence-corrected chi connectivity index (χ0v) is 11.9. The molecule has 2 nitrogen and oxygen atoms in total. The first-order valence-electron chi connectivity index (χ1n) is 7.22. The largest absolute Gasteiger partial charge is 0.382 e. The van der Waals surface area contributed by atoms with Crippen molar-refractivity contribution in [3.63, 3.8) is 0 Å². The Kier molecular flexibility index (Phi) is 4.65. The van der Waals surface area contributed by atoms with Gasteiger partial charge in [0.1, 0.15) is 0 Å². The van der Waals surface area contributed by atoms with E-state index in [0.29, 0.717) is 12.1 Å². The van der Waals surface area contributed by atoms with Gasteiger partial charge in [-0.2, -0.15) is 0 Å². The van der Waals surface area contributed by atoms with Crippen LogP contribution in [0.1, 0.15) is 43.7 Å². The maximum atomic E-state index is 3.64. The Morgan fingerprint density at radius 2 is 2.17 bits per heavy atom. The van der Waals surface area contributed by atoms with Crippen LogP contribution in [0.2, 0.25) is 0 Å². The molecular formula is C16H26N2. The van der Waals surface area contributed by atoms with Gasteiger partial charge in [-0.05, 0) is 58.2 Å². The molecule has 0 spiro atoms. The predicted molar refractivity (Wildman–Crippen MR) is 79.3 cm³/mol. The van der Waals surface area contributed by atoms with E-state index in [1.165, 1.54) is 49.0 Å². The van der Waals surface area contributed by atoms with Crippen molar-refractivity contribution in [3.05, 3.63) is 29.3 Å². The number of piperidine rings is 1. The Morgan fingerprint density at radius 1 is 1.33 bits per heavy atom. The quantitative estimate of drug-likeness (QED) is 0.847. The number of hydrogen-bond donors (Lipinski definition) is 2. The average Bonchev–Trinajstić information content (AvgIpc) is 2.34. The summed E-state index contributed by atoms with van der Waals surface area (Å²) >= 11 is 0. The molecule has 0 saturated carbocycles. The van der Waals surface area contributed by atoms with Gasteiger partial charge in [0.25, 0.3) is 0 Å². The Balaban J connectivity index is 1.87. The van der Waals surface area contributed by atoms with E-state index in [2.05, 4.69) is 49.6 Å². The highest BCUT2D eigenvalue weighted by Gasteiger charge is 2.15. The molecule has 0 aliphatic carbocycles. The second-order valence-electron chi connectivity index (χ2n) is 5.75. The summed E-state index contributed by atoms with van der Waals surface area (Å²) < 4.78 is 0. The lowest BCUT2D eigenvalue weighted by Crippen LogP contribution is -2.37. The third kappa shape index (κ3) is 3.74. The molecule has 1 saturated heterocycles. The van der Waals surface area contributed by atoms with Crippen molar-refractivity contribution in [1.29, 1.82) is 0 Å². The van der Waals surface area contributed by atoms with Crippen LogP contribution in [-0.2, 0) is 0 Å². The summed E-state index contributed by atoms with van der Waals surface area (Å²) in [6, 6.07) is 7.86. The number of rotatable bonds is 4. The minimum Gasteiger partial charge on any atom is -0.382 e. The van der Waals surface area contributed by atoms with Crippen molar-refractivity contribution >= 4 is 5.69 Å². The molecule has 1 aliphatic rings. The highest BCUT2D eigenvalue weighted by Crippen LogP contribution is 2.19. The van der Waals surface area contributed by atoms with Crippen LogP contribution in [-0.4, -0.2) is 18.6 Å². The fraction of sp³-hybridized carbons (Fsp3) is 0.625. The minimum atomic E-state index is 0.530. The Labute approximate surface area is 111 Å². The van der Waals surface area contributed by atoms with Crippen molar-refractivity contribution < 1.29 is 0 Å². The molecule has 1 fully saturated rings. The van der Waals surface area contributed by atoms with Gasteiger partial charge in [0.15, 0.2) is 0 Å². The molecule has 1 aliphatic heterocycles. The molecule has 0 radical (unpaired) electrons. The zero-order chi connectivity index (χ0) is 13.0. The van der Waals surface area contributed by atoms with Gasteiger partial charge in [-0.25, -0.2) is 0 Å². The normalized spacial score (nSPS) is 21.6. The molecule has 1 aromatic carbocycles. The smallest absolute Gasteiger partial charge is 0.0372 e. The van der Waals surface area contributed by atoms with Crippen molar-refractivity contribution in [2.24, 2.45) is 0 Å². The minimum absolute atomic E-state index is 0.530. The summed E-state index contributed by atoms with van der Waals surface area (Å²) in [7, 11) is 0. The van der Waals surface area contributed by atoms with E-state index in [1.54, 1.807) is 0 Å². The monoisotopic (exact) mass is 246 g/mol. The van der Waals surface area contributed by atoms with Crippen LogP contribution in [0, 0.1) is 13.8 Å². The molecule has 1 aromatic rings. The maximum Gasteiger partial charge on any atom is 0.0372 e. The van der Waals surface area contributed by atoms with Gasteiger partial charge in [0.05, 0.1) is 0 Å². The Morgan fingerprint density at radius 3 is 2.83 bits per heavy atom. The van der Waals surface area contributed by atoms with Crippen LogP contribution in [0.5, 0.6) is 0 Å². The molecule has 0 bridgehead atoms. The van der Waals surface area contributed by atoms with Crippen LogP contribution in [0.3, 0.4) is 0 Å². The van der Waals surface area contributed by atoms with Crippen molar-refractivity contribution in [1.82, 2.24) is 5.32 Å². The maximum absolute atomic E-state index is 3.64. The van der Waals surface area contributed by atoms with Gasteiger partial charge in [0.2, 0.25) is 0 Å². The summed E-state index contributed by atoms with van der Waals surface area (Å²) in [5, 5.41) is 7.26. The van der Waals surface area contributed by atoms with E-state index in [-0.39, 0.29) is 0 Å². The molecule has 100 valence electrons. The Hall–Kier alpha value is -1.02. The van der Waals surface area contributed by atoms with Gasteiger partial charge >= 0.3 is 0 Å². The number of aryl methyl sites for hydroxylation is 2. The lowest BCUT2D eigenvalue weighted by molar-refractivity contribution is 0.371. The first-order chi connectivity index (χ1) is 8.65. The molecule has 0 amide bonds. The van der Waals surface area contributed by atoms with Crippen LogP contribution in [0.4, 0.5) is 5.69 Å². The molecule has 1 heterocycles. The molecule has 2 N–H and O–H groups in total. The summed E-state index contributed by atoms with van der Waals surface area (Å²) in [5.41, 5.74) is 3.96. The molecule has 2 atom stereocenters. The average molecular weight is 246 g/mol. The van der Waals surface area contributed by atoms with Gasteiger partial charge in [0, 0.05) is 17.8 Å². The summed E-state index contributed by atoms with van der Waals surface area (Å²) in [5.74, 6) is 0. The topological polar surface area (TPSA) is 24.1 Å². The lowest BCUT2D eigenvalue weighted by atomic mass is 9.98. The first-order valence-corrected chi connectivity index (χ1v) is 7.22. The van der Waals surface area contributed by atoms with E-state index < -0.39 is 0 Å². The fourth-order valence-corrected chi connectivity index (χ4v) is 2.85. The Bertz CT molecular complexity index is 381. The second-order valence-corrected chi connectivity index (χ2v) is 5.75. The summed E-state index contributed by atoms with van der Waals surface area (Å²) in [6.45, 7) is 7.81. The SMILES string of the molecule is Cc1ccc(NC(C)CC2CCCCN2)c(C)c1. The molecule has 2 heteroatoms. The molecule has 18 heavy (non-hydrogen) atoms. The van der Waals surface area contributed by atoms with Crippen LogP contribution >= 0.6 is 0 Å². The van der Waals surface area contributed by atoms with Crippen LogP contribution in [0.15, 0.2) is 18.2 Å². The molecule has 0 aromatic heterocycles. The first kappa shape index (κ1) is 13.4. The highest BCUT2D eigenvalue weighted by molar-refractivity contribution is 5.52. The lowest BCUT2D eigenvalue weighted by Gasteiger charge is -2.27. The summed E-state index contributed by atoms with van der Waals surface area (Å²) in [4.78, 5) is 0. The zero-order valence-electron chi connectivity index (χ0n) is 11.9. The second kappa shape index (κ2) is 6.24. The van der Waals surface area contributed by atoms with E-state index in [4.69, 9.17) is 0 Å². The number of nitrogens with one attached hydrogen (secondary N) is 2. The van der Waals surface area contributed by atoms with E-state index in [9.17, 15) is 0 Å². The molecule has 2 rings (SSSR count). The number of hydrogen-bond acceptors (Lipinski definition) is 2. The molecule has 2 unspecified atom stereocenters. The molecular weight excluding hydrogens is 220 g/mol. The van der Waals surface area contributed by atoms with Gasteiger partial charge in [-0.1, -0.05) is 24.1 Å². The predicted octanol–water partition coefficient (Wildman–Crippen LogP) is 3.64. The van der Waals surface area contributed by atoms with Crippen LogP contribution in [0.25, 0.3) is 0 Å². The number of benzene rings is 1. The van der Waals surface area contributed by atoms with Crippen molar-refractivity contribution in [3.8, 4) is 0 Å².